The summed E-state index contributed by atoms with van der Waals surface area (Å²) in [7, 11) is 0. The molecule has 0 unspecified atom stereocenters. The Hall–Kier alpha value is -0.780. The second kappa shape index (κ2) is 6.08. The highest BCUT2D eigenvalue weighted by atomic mass is 32.1. The number of aromatic nitrogens is 1. The molecule has 2 heterocycles. The van der Waals surface area contributed by atoms with Gasteiger partial charge in [-0.3, -0.25) is 9.69 Å². The molecule has 0 aliphatic carbocycles. The van der Waals surface area contributed by atoms with Gasteiger partial charge in [-0.25, -0.2) is 4.98 Å². The number of nitrogens with zero attached hydrogens (tertiary/aromatic N) is 2. The van der Waals surface area contributed by atoms with Gasteiger partial charge >= 0.3 is 0 Å². The summed E-state index contributed by atoms with van der Waals surface area (Å²) in [4.78, 5) is 18.2. The maximum Gasteiger partial charge on any atom is 0.153 e. The van der Waals surface area contributed by atoms with Crippen LogP contribution in [0.5, 0.6) is 0 Å². The quantitative estimate of drug-likeness (QED) is 0.833. The second-order valence-corrected chi connectivity index (χ2v) is 5.00. The number of hydrogen-bond acceptors (Lipinski definition) is 5. The van der Waals surface area contributed by atoms with Crippen molar-refractivity contribution in [2.45, 2.75) is 12.8 Å². The topological polar surface area (TPSA) is 45.2 Å². The molecule has 0 atom stereocenters. The summed E-state index contributed by atoms with van der Waals surface area (Å²) in [5.41, 5.74) is 0. The summed E-state index contributed by atoms with van der Waals surface area (Å²) in [5.74, 6) is 0.275. The molecule has 5 heteroatoms. The summed E-state index contributed by atoms with van der Waals surface area (Å²) >= 11 is 1.55. The molecule has 16 heavy (non-hydrogen) atoms. The minimum Gasteiger partial charge on any atom is -0.315 e. The number of rotatable bonds is 4. The van der Waals surface area contributed by atoms with Crippen molar-refractivity contribution in [3.8, 4) is 0 Å². The molecule has 1 aliphatic heterocycles. The van der Waals surface area contributed by atoms with Crippen molar-refractivity contribution in [1.82, 2.24) is 15.2 Å². The van der Waals surface area contributed by atoms with Crippen molar-refractivity contribution in [3.05, 3.63) is 16.6 Å². The fourth-order valence-electron chi connectivity index (χ4n) is 1.87. The molecule has 4 nitrogen and oxygen atoms in total. The summed E-state index contributed by atoms with van der Waals surface area (Å²) in [6.45, 7) is 4.63. The first-order valence-corrected chi connectivity index (χ1v) is 6.56. The van der Waals surface area contributed by atoms with Crippen LogP contribution in [-0.2, 0) is 11.2 Å². The first-order valence-electron chi connectivity index (χ1n) is 5.68. The van der Waals surface area contributed by atoms with Gasteiger partial charge in [-0.15, -0.1) is 11.3 Å². The zero-order valence-electron chi connectivity index (χ0n) is 9.32. The minimum atomic E-state index is 0.275. The van der Waals surface area contributed by atoms with Crippen molar-refractivity contribution in [3.63, 3.8) is 0 Å². The molecule has 1 aromatic heterocycles. The summed E-state index contributed by atoms with van der Waals surface area (Å²) in [5, 5.41) is 6.18. The van der Waals surface area contributed by atoms with Gasteiger partial charge in [-0.2, -0.15) is 0 Å². The monoisotopic (exact) mass is 239 g/mol. The number of nitrogens with one attached hydrogen (secondary N) is 1. The molecule has 0 aromatic carbocycles. The molecule has 0 radical (unpaired) electrons. The Bertz CT molecular complexity index is 318. The van der Waals surface area contributed by atoms with Crippen LogP contribution in [-0.4, -0.2) is 48.4 Å². The van der Waals surface area contributed by atoms with E-state index in [0.29, 0.717) is 13.0 Å². The fraction of sp³-hybridized carbons (Fsp3) is 0.636. The van der Waals surface area contributed by atoms with Gasteiger partial charge in [0.25, 0.3) is 0 Å². The lowest BCUT2D eigenvalue weighted by Crippen LogP contribution is -2.33. The van der Waals surface area contributed by atoms with Crippen LogP contribution < -0.4 is 5.32 Å². The fourth-order valence-corrected chi connectivity index (χ4v) is 2.52. The third-order valence-electron chi connectivity index (χ3n) is 2.66. The molecule has 1 fully saturated rings. The normalized spacial score (nSPS) is 18.2. The lowest BCUT2D eigenvalue weighted by Gasteiger charge is -2.17. The molecule has 1 aromatic rings. The Labute approximate surface area is 99.7 Å². The number of carbonyl (C=O) groups excluding carboxylic acids is 1. The summed E-state index contributed by atoms with van der Waals surface area (Å²) in [6, 6.07) is 0. The van der Waals surface area contributed by atoms with E-state index in [0.717, 1.165) is 37.6 Å². The number of carbonyl (C=O) groups is 1. The standard InChI is InChI=1S/C11H17N3OS/c15-10(8-11-13-4-7-16-11)9-14-5-1-2-12-3-6-14/h4,7,12H,1-3,5-6,8-9H2. The van der Waals surface area contributed by atoms with E-state index in [4.69, 9.17) is 0 Å². The zero-order chi connectivity index (χ0) is 11.2. The Morgan fingerprint density at radius 2 is 2.44 bits per heavy atom. The molecule has 2 rings (SSSR count). The maximum absolute atomic E-state index is 11.8. The maximum atomic E-state index is 11.8. The second-order valence-electron chi connectivity index (χ2n) is 4.02. The molecule has 0 amide bonds. The summed E-state index contributed by atoms with van der Waals surface area (Å²) < 4.78 is 0. The molecule has 1 saturated heterocycles. The average molecular weight is 239 g/mol. The minimum absolute atomic E-state index is 0.275. The lowest BCUT2D eigenvalue weighted by atomic mass is 10.2. The zero-order valence-corrected chi connectivity index (χ0v) is 10.1. The molecular weight excluding hydrogens is 222 g/mol. The Morgan fingerprint density at radius 3 is 3.25 bits per heavy atom. The van der Waals surface area contributed by atoms with Crippen molar-refractivity contribution in [1.29, 1.82) is 0 Å². The van der Waals surface area contributed by atoms with Crippen LogP contribution in [0.25, 0.3) is 0 Å². The molecule has 0 spiro atoms. The van der Waals surface area contributed by atoms with Gasteiger partial charge in [0.15, 0.2) is 5.78 Å². The number of thiazole rings is 1. The van der Waals surface area contributed by atoms with E-state index in [9.17, 15) is 4.79 Å². The van der Waals surface area contributed by atoms with Crippen LogP contribution in [0.15, 0.2) is 11.6 Å². The van der Waals surface area contributed by atoms with E-state index < -0.39 is 0 Å². The third-order valence-corrected chi connectivity index (χ3v) is 3.44. The van der Waals surface area contributed by atoms with Gasteiger partial charge in [0.2, 0.25) is 0 Å². The van der Waals surface area contributed by atoms with Crippen molar-refractivity contribution < 1.29 is 4.79 Å². The highest BCUT2D eigenvalue weighted by molar-refractivity contribution is 7.09. The van der Waals surface area contributed by atoms with E-state index in [1.807, 2.05) is 5.38 Å². The summed E-state index contributed by atoms with van der Waals surface area (Å²) in [6.07, 6.45) is 3.37. The van der Waals surface area contributed by atoms with Gasteiger partial charge in [0.05, 0.1) is 18.0 Å². The first kappa shape index (κ1) is 11.7. The molecule has 0 saturated carbocycles. The molecular formula is C11H17N3OS. The Morgan fingerprint density at radius 1 is 1.50 bits per heavy atom. The first-order chi connectivity index (χ1) is 7.84. The number of ketones is 1. The number of Topliss-reactive ketones (excluding diaryl/α,β-unsaturated/α-hetero) is 1. The van der Waals surface area contributed by atoms with Crippen LogP contribution in [0.1, 0.15) is 11.4 Å². The van der Waals surface area contributed by atoms with E-state index in [1.165, 1.54) is 0 Å². The van der Waals surface area contributed by atoms with Crippen LogP contribution >= 0.6 is 11.3 Å². The van der Waals surface area contributed by atoms with Crippen LogP contribution in [0, 0.1) is 0 Å². The van der Waals surface area contributed by atoms with Gasteiger partial charge in [0, 0.05) is 24.7 Å². The molecule has 1 N–H and O–H groups in total. The smallest absolute Gasteiger partial charge is 0.153 e. The third kappa shape index (κ3) is 3.66. The molecule has 0 bridgehead atoms. The van der Waals surface area contributed by atoms with Crippen molar-refractivity contribution >= 4 is 17.1 Å². The van der Waals surface area contributed by atoms with Crippen molar-refractivity contribution in [2.24, 2.45) is 0 Å². The largest absolute Gasteiger partial charge is 0.315 e. The Balaban J connectivity index is 1.77. The SMILES string of the molecule is O=C(Cc1nccs1)CN1CCCNCC1. The average Bonchev–Trinajstić information content (AvgIpc) is 2.62. The van der Waals surface area contributed by atoms with Crippen LogP contribution in [0.2, 0.25) is 0 Å². The lowest BCUT2D eigenvalue weighted by molar-refractivity contribution is -0.119. The van der Waals surface area contributed by atoms with Crippen molar-refractivity contribution in [2.75, 3.05) is 32.7 Å². The molecule has 88 valence electrons. The van der Waals surface area contributed by atoms with Gasteiger partial charge in [-0.1, -0.05) is 0 Å². The van der Waals surface area contributed by atoms with Crippen LogP contribution in [0.4, 0.5) is 0 Å². The van der Waals surface area contributed by atoms with E-state index in [1.54, 1.807) is 17.5 Å². The predicted octanol–water partition coefficient (Wildman–Crippen LogP) is 0.550. The van der Waals surface area contributed by atoms with E-state index in [2.05, 4.69) is 15.2 Å². The highest BCUT2D eigenvalue weighted by Crippen LogP contribution is 2.06. The predicted molar refractivity (Wildman–Crippen MR) is 64.8 cm³/mol. The van der Waals surface area contributed by atoms with Gasteiger partial charge < -0.3 is 5.32 Å². The highest BCUT2D eigenvalue weighted by Gasteiger charge is 2.13. The number of hydrogen-bond donors (Lipinski definition) is 1. The Kier molecular flexibility index (Phi) is 4.44. The van der Waals surface area contributed by atoms with Gasteiger partial charge in [-0.05, 0) is 19.5 Å². The van der Waals surface area contributed by atoms with Gasteiger partial charge in [0.1, 0.15) is 0 Å². The van der Waals surface area contributed by atoms with E-state index >= 15 is 0 Å². The van der Waals surface area contributed by atoms with E-state index in [-0.39, 0.29) is 5.78 Å². The van der Waals surface area contributed by atoms with Crippen LogP contribution in [0.3, 0.4) is 0 Å². The molecule has 1 aliphatic rings.